The highest BCUT2D eigenvalue weighted by molar-refractivity contribution is 7.99. The van der Waals surface area contributed by atoms with E-state index >= 15 is 0 Å². The molecule has 0 aromatic heterocycles. The van der Waals surface area contributed by atoms with Crippen LogP contribution < -0.4 is 5.32 Å². The Hall–Kier alpha value is -0.750. The molecule has 2 saturated heterocycles. The number of hydrogen-bond donors (Lipinski definition) is 1. The summed E-state index contributed by atoms with van der Waals surface area (Å²) in [6.07, 6.45) is 6.64. The number of likely N-dealkylation sites (tertiary alicyclic amines) is 1. The molecular weight excluding hydrogens is 334 g/mol. The van der Waals surface area contributed by atoms with Gasteiger partial charge < -0.3 is 15.1 Å². The van der Waals surface area contributed by atoms with Crippen LogP contribution in [0, 0.1) is 5.41 Å². The zero-order valence-corrected chi connectivity index (χ0v) is 16.7. The minimum atomic E-state index is -0.283. The highest BCUT2D eigenvalue weighted by Crippen LogP contribution is 2.30. The summed E-state index contributed by atoms with van der Waals surface area (Å²) in [6, 6.07) is 0.667. The lowest BCUT2D eigenvalue weighted by molar-refractivity contribution is -0.140. The third-order valence-corrected chi connectivity index (χ3v) is 6.57. The maximum absolute atomic E-state index is 12.7. The van der Waals surface area contributed by atoms with Crippen molar-refractivity contribution in [2.75, 3.05) is 24.7 Å². The van der Waals surface area contributed by atoms with Crippen molar-refractivity contribution in [3.8, 4) is 0 Å². The lowest BCUT2D eigenvalue weighted by Gasteiger charge is -2.45. The van der Waals surface area contributed by atoms with E-state index < -0.39 is 0 Å². The van der Waals surface area contributed by atoms with Crippen LogP contribution in [-0.2, 0) is 9.59 Å². The minimum absolute atomic E-state index is 0.0407. The maximum Gasteiger partial charge on any atom is 0.243 e. The van der Waals surface area contributed by atoms with Gasteiger partial charge in [0.05, 0.1) is 5.88 Å². The Morgan fingerprint density at radius 2 is 1.80 bits per heavy atom. The highest BCUT2D eigenvalue weighted by Gasteiger charge is 2.39. The molecular formula is C19H33N3O2S. The molecule has 2 aliphatic heterocycles. The van der Waals surface area contributed by atoms with Gasteiger partial charge in [0.2, 0.25) is 11.8 Å². The molecule has 3 rings (SSSR count). The van der Waals surface area contributed by atoms with E-state index in [4.69, 9.17) is 0 Å². The van der Waals surface area contributed by atoms with Crippen LogP contribution in [0.3, 0.4) is 0 Å². The zero-order valence-electron chi connectivity index (χ0n) is 15.9. The number of carbonyl (C=O) groups excluding carboxylic acids is 2. The van der Waals surface area contributed by atoms with Crippen molar-refractivity contribution in [1.82, 2.24) is 15.1 Å². The van der Waals surface area contributed by atoms with Gasteiger partial charge in [-0.3, -0.25) is 9.59 Å². The summed E-state index contributed by atoms with van der Waals surface area (Å²) in [5.41, 5.74) is -0.0407. The van der Waals surface area contributed by atoms with Gasteiger partial charge in [-0.2, -0.15) is 0 Å². The van der Waals surface area contributed by atoms with Crippen molar-refractivity contribution in [3.63, 3.8) is 0 Å². The van der Waals surface area contributed by atoms with Gasteiger partial charge in [-0.25, -0.2) is 0 Å². The van der Waals surface area contributed by atoms with Gasteiger partial charge in [-0.05, 0) is 44.2 Å². The van der Waals surface area contributed by atoms with Gasteiger partial charge in [0.25, 0.3) is 0 Å². The Bertz CT molecular complexity index is 493. The molecule has 0 spiro atoms. The predicted molar refractivity (Wildman–Crippen MR) is 102 cm³/mol. The molecule has 1 aliphatic carbocycles. The lowest BCUT2D eigenvalue weighted by Crippen LogP contribution is -2.58. The average molecular weight is 368 g/mol. The summed E-state index contributed by atoms with van der Waals surface area (Å²) >= 11 is 1.68. The molecule has 1 atom stereocenters. The van der Waals surface area contributed by atoms with Crippen molar-refractivity contribution in [3.05, 3.63) is 0 Å². The van der Waals surface area contributed by atoms with E-state index in [1.165, 1.54) is 32.4 Å². The van der Waals surface area contributed by atoms with Gasteiger partial charge in [-0.15, -0.1) is 11.8 Å². The summed E-state index contributed by atoms with van der Waals surface area (Å²) < 4.78 is 0. The van der Waals surface area contributed by atoms with E-state index in [2.05, 4.69) is 31.0 Å². The van der Waals surface area contributed by atoms with Crippen LogP contribution in [0.15, 0.2) is 0 Å². The third-order valence-electron chi connectivity index (χ3n) is 5.55. The Morgan fingerprint density at radius 1 is 1.12 bits per heavy atom. The molecule has 0 radical (unpaired) electrons. The Kier molecular flexibility index (Phi) is 5.99. The molecule has 2 heterocycles. The summed E-state index contributed by atoms with van der Waals surface area (Å²) in [6.45, 7) is 8.65. The SMILES string of the molecule is CC(C)(C)CC(=O)N1CSCC1C(=O)NC1CC(N2CCCCC2)C1. The van der Waals surface area contributed by atoms with Crippen LogP contribution in [-0.4, -0.2) is 64.5 Å². The quantitative estimate of drug-likeness (QED) is 0.829. The second kappa shape index (κ2) is 7.87. The van der Waals surface area contributed by atoms with E-state index in [-0.39, 0.29) is 23.3 Å². The first-order chi connectivity index (χ1) is 11.8. The fraction of sp³-hybridized carbons (Fsp3) is 0.895. The van der Waals surface area contributed by atoms with Crippen molar-refractivity contribution in [2.45, 2.75) is 77.4 Å². The number of amides is 2. The normalized spacial score (nSPS) is 30.8. The molecule has 5 nitrogen and oxygen atoms in total. The van der Waals surface area contributed by atoms with Crippen LogP contribution in [0.25, 0.3) is 0 Å². The van der Waals surface area contributed by atoms with E-state index in [0.717, 1.165) is 18.6 Å². The van der Waals surface area contributed by atoms with Crippen LogP contribution in [0.1, 0.15) is 59.3 Å². The van der Waals surface area contributed by atoms with Crippen molar-refractivity contribution >= 4 is 23.6 Å². The van der Waals surface area contributed by atoms with Gasteiger partial charge >= 0.3 is 0 Å². The molecule has 3 fully saturated rings. The van der Waals surface area contributed by atoms with E-state index in [1.807, 2.05) is 0 Å². The standard InChI is InChI=1S/C19H33N3O2S/c1-19(2,3)11-17(23)22-13-25-12-16(22)18(24)20-14-9-15(10-14)21-7-5-4-6-8-21/h14-16H,4-13H2,1-3H3,(H,20,24). The highest BCUT2D eigenvalue weighted by atomic mass is 32.2. The van der Waals surface area contributed by atoms with E-state index in [1.54, 1.807) is 16.7 Å². The third kappa shape index (κ3) is 4.91. The molecule has 1 unspecified atom stereocenters. The van der Waals surface area contributed by atoms with Crippen molar-refractivity contribution in [2.24, 2.45) is 5.41 Å². The first-order valence-corrected chi connectivity index (χ1v) is 10.9. The van der Waals surface area contributed by atoms with Gasteiger partial charge in [0.15, 0.2) is 0 Å². The summed E-state index contributed by atoms with van der Waals surface area (Å²) in [5.74, 6) is 1.53. The lowest BCUT2D eigenvalue weighted by atomic mass is 9.84. The number of rotatable bonds is 4. The Morgan fingerprint density at radius 3 is 2.44 bits per heavy atom. The van der Waals surface area contributed by atoms with Crippen LogP contribution in [0.4, 0.5) is 0 Å². The smallest absolute Gasteiger partial charge is 0.243 e. The summed E-state index contributed by atoms with van der Waals surface area (Å²) in [5, 5.41) is 3.20. The first kappa shape index (κ1) is 19.0. The van der Waals surface area contributed by atoms with Gasteiger partial charge in [0.1, 0.15) is 6.04 Å². The largest absolute Gasteiger partial charge is 0.351 e. The second-order valence-corrected chi connectivity index (χ2v) is 10.0. The minimum Gasteiger partial charge on any atom is -0.351 e. The number of nitrogens with one attached hydrogen (secondary N) is 1. The zero-order chi connectivity index (χ0) is 18.0. The molecule has 142 valence electrons. The molecule has 0 aromatic carbocycles. The van der Waals surface area contributed by atoms with Crippen LogP contribution in [0.2, 0.25) is 0 Å². The van der Waals surface area contributed by atoms with E-state index in [9.17, 15) is 9.59 Å². The number of carbonyl (C=O) groups is 2. The Labute approximate surface area is 156 Å². The van der Waals surface area contributed by atoms with Gasteiger partial charge in [0, 0.05) is 24.3 Å². The summed E-state index contributed by atoms with van der Waals surface area (Å²) in [7, 11) is 0. The molecule has 3 aliphatic rings. The molecule has 1 N–H and O–H groups in total. The van der Waals surface area contributed by atoms with Crippen LogP contribution in [0.5, 0.6) is 0 Å². The number of hydrogen-bond acceptors (Lipinski definition) is 4. The summed E-state index contributed by atoms with van der Waals surface area (Å²) in [4.78, 5) is 29.6. The van der Waals surface area contributed by atoms with Crippen molar-refractivity contribution in [1.29, 1.82) is 0 Å². The predicted octanol–water partition coefficient (Wildman–Crippen LogP) is 2.46. The average Bonchev–Trinajstić information content (AvgIpc) is 2.99. The molecule has 6 heteroatoms. The fourth-order valence-electron chi connectivity index (χ4n) is 4.05. The first-order valence-electron chi connectivity index (χ1n) is 9.75. The number of thioether (sulfide) groups is 1. The number of piperidine rings is 1. The topological polar surface area (TPSA) is 52.7 Å². The fourth-order valence-corrected chi connectivity index (χ4v) is 5.23. The van der Waals surface area contributed by atoms with E-state index in [0.29, 0.717) is 24.4 Å². The maximum atomic E-state index is 12.7. The molecule has 2 amide bonds. The second-order valence-electron chi connectivity index (χ2n) is 9.04. The van der Waals surface area contributed by atoms with Crippen molar-refractivity contribution < 1.29 is 9.59 Å². The number of nitrogens with zero attached hydrogens (tertiary/aromatic N) is 2. The van der Waals surface area contributed by atoms with Crippen LogP contribution >= 0.6 is 11.8 Å². The molecule has 25 heavy (non-hydrogen) atoms. The molecule has 0 bridgehead atoms. The Balaban J connectivity index is 1.45. The van der Waals surface area contributed by atoms with Gasteiger partial charge in [-0.1, -0.05) is 27.2 Å². The molecule has 1 saturated carbocycles. The molecule has 0 aromatic rings. The monoisotopic (exact) mass is 367 g/mol.